The van der Waals surface area contributed by atoms with Crippen molar-refractivity contribution >= 4 is 0 Å². The molecule has 1 aliphatic rings. The molecule has 1 saturated heterocycles. The lowest BCUT2D eigenvalue weighted by atomic mass is 10.0. The maximum atomic E-state index is 5.88. The van der Waals surface area contributed by atoms with Crippen LogP contribution in [0.4, 0.5) is 0 Å². The van der Waals surface area contributed by atoms with Crippen molar-refractivity contribution in [1.82, 2.24) is 4.90 Å². The average Bonchev–Trinajstić information content (AvgIpc) is 2.52. The number of hydrogen-bond acceptors (Lipinski definition) is 3. The fraction of sp³-hybridized carbons (Fsp3) is 0.333. The van der Waals surface area contributed by atoms with Crippen molar-refractivity contribution in [1.29, 1.82) is 0 Å². The van der Waals surface area contributed by atoms with Gasteiger partial charge in [-0.2, -0.15) is 0 Å². The van der Waals surface area contributed by atoms with E-state index in [0.29, 0.717) is 12.6 Å². The minimum atomic E-state index is 0.555. The zero-order valence-corrected chi connectivity index (χ0v) is 12.2. The molecule has 0 bridgehead atoms. The standard InChI is InChI=1S/C18H22N2O/c19-12-17-9-10-20(17)13-16-7-4-8-18(11-16)21-14-15-5-2-1-3-6-15/h1-8,11,17H,9-10,12-14,19H2. The van der Waals surface area contributed by atoms with Crippen molar-refractivity contribution in [3.8, 4) is 5.75 Å². The molecule has 0 saturated carbocycles. The first-order valence-electron chi connectivity index (χ1n) is 7.55. The highest BCUT2D eigenvalue weighted by molar-refractivity contribution is 5.29. The minimum absolute atomic E-state index is 0.555. The Bertz CT molecular complexity index is 568. The normalized spacial score (nSPS) is 18.2. The summed E-state index contributed by atoms with van der Waals surface area (Å²) in [4.78, 5) is 2.43. The summed E-state index contributed by atoms with van der Waals surface area (Å²) in [7, 11) is 0. The molecule has 0 radical (unpaired) electrons. The van der Waals surface area contributed by atoms with E-state index >= 15 is 0 Å². The lowest BCUT2D eigenvalue weighted by molar-refractivity contribution is 0.0881. The van der Waals surface area contributed by atoms with Gasteiger partial charge in [0.2, 0.25) is 0 Å². The molecule has 2 aromatic rings. The second kappa shape index (κ2) is 6.74. The van der Waals surface area contributed by atoms with Crippen molar-refractivity contribution < 1.29 is 4.74 Å². The van der Waals surface area contributed by atoms with Gasteiger partial charge in [0.05, 0.1) is 0 Å². The van der Waals surface area contributed by atoms with Crippen LogP contribution in [-0.4, -0.2) is 24.0 Å². The first kappa shape index (κ1) is 14.1. The molecular weight excluding hydrogens is 260 g/mol. The number of nitrogens with two attached hydrogens (primary N) is 1. The van der Waals surface area contributed by atoms with Crippen molar-refractivity contribution in [2.75, 3.05) is 13.1 Å². The van der Waals surface area contributed by atoms with Crippen LogP contribution in [0.15, 0.2) is 54.6 Å². The molecule has 0 amide bonds. The predicted octanol–water partition coefficient (Wildman–Crippen LogP) is 2.80. The quantitative estimate of drug-likeness (QED) is 0.885. The van der Waals surface area contributed by atoms with Gasteiger partial charge in [-0.3, -0.25) is 4.90 Å². The maximum absolute atomic E-state index is 5.88. The molecule has 0 spiro atoms. The van der Waals surface area contributed by atoms with E-state index in [2.05, 4.69) is 35.2 Å². The second-order valence-electron chi connectivity index (χ2n) is 5.57. The third-order valence-corrected chi connectivity index (χ3v) is 4.07. The molecule has 2 N–H and O–H groups in total. The lowest BCUT2D eigenvalue weighted by Gasteiger charge is -2.40. The molecule has 21 heavy (non-hydrogen) atoms. The summed E-state index contributed by atoms with van der Waals surface area (Å²) in [6.07, 6.45) is 1.22. The molecule has 2 aromatic carbocycles. The lowest BCUT2D eigenvalue weighted by Crippen LogP contribution is -2.50. The number of ether oxygens (including phenoxy) is 1. The molecule has 0 aromatic heterocycles. The molecule has 1 fully saturated rings. The number of rotatable bonds is 6. The summed E-state index contributed by atoms with van der Waals surface area (Å²) in [5, 5.41) is 0. The molecule has 0 aliphatic carbocycles. The van der Waals surface area contributed by atoms with Crippen LogP contribution in [0.2, 0.25) is 0 Å². The second-order valence-corrected chi connectivity index (χ2v) is 5.57. The molecule has 1 atom stereocenters. The number of benzene rings is 2. The Balaban J connectivity index is 1.58. The third kappa shape index (κ3) is 3.63. The average molecular weight is 282 g/mol. The fourth-order valence-electron chi connectivity index (χ4n) is 2.68. The van der Waals surface area contributed by atoms with Crippen molar-refractivity contribution in [3.05, 3.63) is 65.7 Å². The van der Waals surface area contributed by atoms with E-state index in [1.807, 2.05) is 24.3 Å². The highest BCUT2D eigenvalue weighted by atomic mass is 16.5. The van der Waals surface area contributed by atoms with Gasteiger partial charge in [-0.15, -0.1) is 0 Å². The monoisotopic (exact) mass is 282 g/mol. The summed E-state index contributed by atoms with van der Waals surface area (Å²) in [6.45, 7) is 3.48. The van der Waals surface area contributed by atoms with Crippen LogP contribution in [-0.2, 0) is 13.2 Å². The fourth-order valence-corrected chi connectivity index (χ4v) is 2.68. The van der Waals surface area contributed by atoms with E-state index in [-0.39, 0.29) is 0 Å². The first-order valence-corrected chi connectivity index (χ1v) is 7.55. The zero-order chi connectivity index (χ0) is 14.5. The van der Waals surface area contributed by atoms with Crippen LogP contribution in [0.25, 0.3) is 0 Å². The molecule has 110 valence electrons. The van der Waals surface area contributed by atoms with Gasteiger partial charge in [-0.25, -0.2) is 0 Å². The Hall–Kier alpha value is -1.84. The Morgan fingerprint density at radius 1 is 1.05 bits per heavy atom. The summed E-state index contributed by atoms with van der Waals surface area (Å²) >= 11 is 0. The molecular formula is C18H22N2O. The van der Waals surface area contributed by atoms with Crippen LogP contribution in [0.3, 0.4) is 0 Å². The van der Waals surface area contributed by atoms with E-state index in [0.717, 1.165) is 25.4 Å². The molecule has 3 rings (SSSR count). The topological polar surface area (TPSA) is 38.5 Å². The molecule has 1 unspecified atom stereocenters. The van der Waals surface area contributed by atoms with E-state index in [1.165, 1.54) is 17.5 Å². The largest absolute Gasteiger partial charge is 0.489 e. The van der Waals surface area contributed by atoms with Gasteiger partial charge in [0, 0.05) is 25.7 Å². The molecule has 3 nitrogen and oxygen atoms in total. The van der Waals surface area contributed by atoms with E-state index in [9.17, 15) is 0 Å². The van der Waals surface area contributed by atoms with Crippen LogP contribution >= 0.6 is 0 Å². The van der Waals surface area contributed by atoms with E-state index < -0.39 is 0 Å². The van der Waals surface area contributed by atoms with Gasteiger partial charge >= 0.3 is 0 Å². The van der Waals surface area contributed by atoms with Gasteiger partial charge in [-0.1, -0.05) is 42.5 Å². The van der Waals surface area contributed by atoms with Gasteiger partial charge in [0.25, 0.3) is 0 Å². The summed E-state index contributed by atoms with van der Waals surface area (Å²) in [6, 6.07) is 19.2. The van der Waals surface area contributed by atoms with Gasteiger partial charge in [0.15, 0.2) is 0 Å². The molecule has 3 heteroatoms. The Kier molecular flexibility index (Phi) is 4.53. The SMILES string of the molecule is NCC1CCN1Cc1cccc(OCc2ccccc2)c1. The summed E-state index contributed by atoms with van der Waals surface area (Å²) in [5.74, 6) is 0.932. The van der Waals surface area contributed by atoms with Crippen molar-refractivity contribution in [3.63, 3.8) is 0 Å². The third-order valence-electron chi connectivity index (χ3n) is 4.07. The number of nitrogens with zero attached hydrogens (tertiary/aromatic N) is 1. The van der Waals surface area contributed by atoms with Gasteiger partial charge in [-0.05, 0) is 29.7 Å². The van der Waals surface area contributed by atoms with E-state index in [4.69, 9.17) is 10.5 Å². The Labute approximate surface area is 126 Å². The van der Waals surface area contributed by atoms with Crippen LogP contribution in [0.5, 0.6) is 5.75 Å². The zero-order valence-electron chi connectivity index (χ0n) is 12.2. The summed E-state index contributed by atoms with van der Waals surface area (Å²) < 4.78 is 5.88. The molecule has 1 heterocycles. The molecule has 1 aliphatic heterocycles. The first-order chi connectivity index (χ1) is 10.3. The van der Waals surface area contributed by atoms with Gasteiger partial charge in [0.1, 0.15) is 12.4 Å². The van der Waals surface area contributed by atoms with Crippen molar-refractivity contribution in [2.24, 2.45) is 5.73 Å². The highest BCUT2D eigenvalue weighted by Gasteiger charge is 2.26. The highest BCUT2D eigenvalue weighted by Crippen LogP contribution is 2.22. The van der Waals surface area contributed by atoms with Crippen molar-refractivity contribution in [2.45, 2.75) is 25.6 Å². The number of likely N-dealkylation sites (tertiary alicyclic amines) is 1. The van der Waals surface area contributed by atoms with Gasteiger partial charge < -0.3 is 10.5 Å². The van der Waals surface area contributed by atoms with Crippen LogP contribution in [0, 0.1) is 0 Å². The van der Waals surface area contributed by atoms with Crippen LogP contribution in [0.1, 0.15) is 17.5 Å². The van der Waals surface area contributed by atoms with Crippen LogP contribution < -0.4 is 10.5 Å². The summed E-state index contributed by atoms with van der Waals surface area (Å²) in [5.41, 5.74) is 8.23. The number of hydrogen-bond donors (Lipinski definition) is 1. The Morgan fingerprint density at radius 3 is 2.57 bits per heavy atom. The Morgan fingerprint density at radius 2 is 1.86 bits per heavy atom. The minimum Gasteiger partial charge on any atom is -0.489 e. The van der Waals surface area contributed by atoms with E-state index in [1.54, 1.807) is 0 Å². The maximum Gasteiger partial charge on any atom is 0.120 e. The predicted molar refractivity (Wildman–Crippen MR) is 85.1 cm³/mol. The smallest absolute Gasteiger partial charge is 0.120 e.